The van der Waals surface area contributed by atoms with Gasteiger partial charge in [-0.1, -0.05) is 164 Å². The summed E-state index contributed by atoms with van der Waals surface area (Å²) in [4.78, 5) is 0. The van der Waals surface area contributed by atoms with E-state index < -0.39 is 0 Å². The van der Waals surface area contributed by atoms with Crippen LogP contribution in [0.1, 0.15) is 50.1 Å². The van der Waals surface area contributed by atoms with Gasteiger partial charge in [0.25, 0.3) is 0 Å². The van der Waals surface area contributed by atoms with Gasteiger partial charge in [0.05, 0.1) is 0 Å². The summed E-state index contributed by atoms with van der Waals surface area (Å²) in [6.07, 6.45) is 7.21. The minimum Gasteiger partial charge on any atom is -0.0622 e. The van der Waals surface area contributed by atoms with Gasteiger partial charge in [-0.05, 0) is 118 Å². The van der Waals surface area contributed by atoms with E-state index in [1.165, 1.54) is 100 Å². The standard InChI is InChI=1S/C48H30/c1-4-16-31(17-5-1)28-40-34-22-10-13-25-37(34)43-46(40)44-38-26-14-11-23-35(38)41(29-32-18-6-2-7-19-32)48(44)45-39-27-15-12-24-36(39)42(47(43)45)30-33-20-8-3-9-21-33/h1-30H/b40-28+,41-29+,42-30+. The van der Waals surface area contributed by atoms with Gasteiger partial charge >= 0.3 is 0 Å². The van der Waals surface area contributed by atoms with E-state index in [1.54, 1.807) is 0 Å². The Kier molecular flexibility index (Phi) is 5.98. The van der Waals surface area contributed by atoms with E-state index in [0.717, 1.165) is 0 Å². The molecule has 0 spiro atoms. The number of fused-ring (bicyclic) bond motifs is 12. The average molecular weight is 607 g/mol. The van der Waals surface area contributed by atoms with Crippen molar-refractivity contribution < 1.29 is 0 Å². The van der Waals surface area contributed by atoms with E-state index in [1.807, 2.05) is 0 Å². The van der Waals surface area contributed by atoms with E-state index in [9.17, 15) is 0 Å². The zero-order valence-electron chi connectivity index (χ0n) is 26.3. The van der Waals surface area contributed by atoms with Crippen LogP contribution in [0.4, 0.5) is 0 Å². The van der Waals surface area contributed by atoms with Crippen molar-refractivity contribution in [3.63, 3.8) is 0 Å². The van der Waals surface area contributed by atoms with Gasteiger partial charge in [0.1, 0.15) is 0 Å². The maximum absolute atomic E-state index is 2.40. The fourth-order valence-electron chi connectivity index (χ4n) is 8.18. The molecule has 0 nitrogen and oxygen atoms in total. The molecule has 7 aromatic carbocycles. The van der Waals surface area contributed by atoms with Crippen LogP contribution in [-0.2, 0) is 0 Å². The fourth-order valence-corrected chi connectivity index (χ4v) is 8.18. The predicted octanol–water partition coefficient (Wildman–Crippen LogP) is 12.4. The molecule has 0 aliphatic heterocycles. The van der Waals surface area contributed by atoms with E-state index in [0.29, 0.717) is 0 Å². The number of benzene rings is 7. The molecule has 0 amide bonds. The zero-order valence-corrected chi connectivity index (χ0v) is 26.3. The number of hydrogen-bond acceptors (Lipinski definition) is 0. The van der Waals surface area contributed by atoms with Crippen LogP contribution in [0.5, 0.6) is 0 Å². The summed E-state index contributed by atoms with van der Waals surface area (Å²) in [5.74, 6) is 0. The second kappa shape index (κ2) is 10.7. The highest BCUT2D eigenvalue weighted by molar-refractivity contribution is 6.26. The lowest BCUT2D eigenvalue weighted by molar-refractivity contribution is 1.58. The summed E-state index contributed by atoms with van der Waals surface area (Å²) in [7, 11) is 0. The molecule has 0 N–H and O–H groups in total. The summed E-state index contributed by atoms with van der Waals surface area (Å²) in [5.41, 5.74) is 23.3. The molecule has 3 aliphatic rings. The van der Waals surface area contributed by atoms with Gasteiger partial charge in [-0.15, -0.1) is 0 Å². The summed E-state index contributed by atoms with van der Waals surface area (Å²) >= 11 is 0. The summed E-state index contributed by atoms with van der Waals surface area (Å²) in [5, 5.41) is 0. The van der Waals surface area contributed by atoms with Crippen molar-refractivity contribution in [3.05, 3.63) is 214 Å². The summed E-state index contributed by atoms with van der Waals surface area (Å²) < 4.78 is 0. The Labute approximate surface area is 281 Å². The van der Waals surface area contributed by atoms with E-state index in [2.05, 4.69) is 182 Å². The fraction of sp³-hybridized carbons (Fsp3) is 0. The first-order valence-corrected chi connectivity index (χ1v) is 16.7. The van der Waals surface area contributed by atoms with Gasteiger partial charge in [-0.3, -0.25) is 0 Å². The first kappa shape index (κ1) is 26.9. The van der Waals surface area contributed by atoms with Gasteiger partial charge < -0.3 is 0 Å². The SMILES string of the molecule is C(=C1/c2ccccc2-c2c1c1c(c3c2/C(=C/c2ccccc2)c2ccccc2-3)/C(=C/c2ccccc2)c2ccccc2-1)/c1ccccc1. The number of hydrogen-bond donors (Lipinski definition) is 0. The molecule has 48 heavy (non-hydrogen) atoms. The molecule has 10 rings (SSSR count). The normalized spacial score (nSPS) is 15.6. The van der Waals surface area contributed by atoms with Crippen molar-refractivity contribution in [1.29, 1.82) is 0 Å². The lowest BCUT2D eigenvalue weighted by atomic mass is 9.83. The summed E-state index contributed by atoms with van der Waals surface area (Å²) in [6.45, 7) is 0. The Hall–Kier alpha value is -6.24. The van der Waals surface area contributed by atoms with Crippen LogP contribution >= 0.6 is 0 Å². The molecule has 222 valence electrons. The van der Waals surface area contributed by atoms with Crippen molar-refractivity contribution in [2.75, 3.05) is 0 Å². The maximum Gasteiger partial charge on any atom is -0.000697 e. The highest BCUT2D eigenvalue weighted by Gasteiger charge is 2.42. The van der Waals surface area contributed by atoms with E-state index in [-0.39, 0.29) is 0 Å². The topological polar surface area (TPSA) is 0 Å². The summed E-state index contributed by atoms with van der Waals surface area (Å²) in [6, 6.07) is 59.5. The molecular weight excluding hydrogens is 577 g/mol. The lowest BCUT2D eigenvalue weighted by Crippen LogP contribution is -1.97. The Morgan fingerprint density at radius 2 is 0.438 bits per heavy atom. The van der Waals surface area contributed by atoms with Gasteiger partial charge in [-0.2, -0.15) is 0 Å². The molecule has 0 unspecified atom stereocenters. The molecule has 0 radical (unpaired) electrons. The van der Waals surface area contributed by atoms with Crippen molar-refractivity contribution >= 4 is 34.9 Å². The zero-order chi connectivity index (χ0) is 31.6. The van der Waals surface area contributed by atoms with Gasteiger partial charge in [0, 0.05) is 0 Å². The average Bonchev–Trinajstić information content (AvgIpc) is 3.76. The molecule has 0 heterocycles. The molecule has 3 aliphatic carbocycles. The Morgan fingerprint density at radius 3 is 0.708 bits per heavy atom. The molecule has 0 aromatic heterocycles. The Balaban J connectivity index is 1.42. The third-order valence-electron chi connectivity index (χ3n) is 10.1. The quantitative estimate of drug-likeness (QED) is 0.188. The molecule has 0 bridgehead atoms. The third-order valence-corrected chi connectivity index (χ3v) is 10.1. The lowest BCUT2D eigenvalue weighted by Gasteiger charge is -2.19. The molecule has 0 saturated heterocycles. The Bertz CT molecular complexity index is 2200. The van der Waals surface area contributed by atoms with E-state index in [4.69, 9.17) is 0 Å². The first-order chi connectivity index (χ1) is 23.8. The highest BCUT2D eigenvalue weighted by Crippen LogP contribution is 2.64. The van der Waals surface area contributed by atoms with Crippen LogP contribution in [0.25, 0.3) is 68.3 Å². The maximum atomic E-state index is 2.40. The van der Waals surface area contributed by atoms with Crippen LogP contribution < -0.4 is 0 Å². The smallest absolute Gasteiger partial charge is 0.000697 e. The molecule has 0 saturated carbocycles. The van der Waals surface area contributed by atoms with Crippen LogP contribution in [0.2, 0.25) is 0 Å². The number of rotatable bonds is 3. The van der Waals surface area contributed by atoms with Crippen LogP contribution in [0.15, 0.2) is 164 Å². The molecule has 0 heteroatoms. The monoisotopic (exact) mass is 606 g/mol. The van der Waals surface area contributed by atoms with Crippen LogP contribution in [0.3, 0.4) is 0 Å². The highest BCUT2D eigenvalue weighted by atomic mass is 14.4. The first-order valence-electron chi connectivity index (χ1n) is 16.7. The molecule has 0 atom stereocenters. The molecule has 7 aromatic rings. The van der Waals surface area contributed by atoms with Crippen LogP contribution in [0, 0.1) is 0 Å². The molecule has 0 fully saturated rings. The predicted molar refractivity (Wildman–Crippen MR) is 203 cm³/mol. The van der Waals surface area contributed by atoms with Crippen molar-refractivity contribution in [2.24, 2.45) is 0 Å². The minimum atomic E-state index is 1.21. The van der Waals surface area contributed by atoms with E-state index >= 15 is 0 Å². The van der Waals surface area contributed by atoms with Gasteiger partial charge in [-0.25, -0.2) is 0 Å². The Morgan fingerprint density at radius 1 is 0.208 bits per heavy atom. The largest absolute Gasteiger partial charge is 0.0622 e. The van der Waals surface area contributed by atoms with Gasteiger partial charge in [0.2, 0.25) is 0 Å². The third kappa shape index (κ3) is 3.96. The van der Waals surface area contributed by atoms with Gasteiger partial charge in [0.15, 0.2) is 0 Å². The second-order valence-corrected chi connectivity index (χ2v) is 12.8. The molecular formula is C48H30. The van der Waals surface area contributed by atoms with Crippen molar-refractivity contribution in [3.8, 4) is 33.4 Å². The second-order valence-electron chi connectivity index (χ2n) is 12.8. The van der Waals surface area contributed by atoms with Crippen molar-refractivity contribution in [2.45, 2.75) is 0 Å². The van der Waals surface area contributed by atoms with Crippen LogP contribution in [-0.4, -0.2) is 0 Å². The van der Waals surface area contributed by atoms with Crippen molar-refractivity contribution in [1.82, 2.24) is 0 Å². The minimum absolute atomic E-state index is 1.21.